The summed E-state index contributed by atoms with van der Waals surface area (Å²) in [6, 6.07) is 8.64. The Morgan fingerprint density at radius 3 is 2.45 bits per heavy atom. The molecule has 0 atom stereocenters. The molecule has 0 radical (unpaired) electrons. The first kappa shape index (κ1) is 14.7. The van der Waals surface area contributed by atoms with Crippen LogP contribution in [0.15, 0.2) is 30.5 Å². The van der Waals surface area contributed by atoms with Crippen LogP contribution in [0, 0.1) is 13.8 Å². The van der Waals surface area contributed by atoms with Gasteiger partial charge in [0.2, 0.25) is 0 Å². The van der Waals surface area contributed by atoms with Gasteiger partial charge in [-0.1, -0.05) is 31.2 Å². The monoisotopic (exact) mass is 294 g/mol. The van der Waals surface area contributed by atoms with Gasteiger partial charge in [0.05, 0.1) is 22.8 Å². The summed E-state index contributed by atoms with van der Waals surface area (Å²) in [5, 5.41) is 0. The molecule has 22 heavy (non-hydrogen) atoms. The van der Waals surface area contributed by atoms with Gasteiger partial charge >= 0.3 is 0 Å². The van der Waals surface area contributed by atoms with Crippen molar-refractivity contribution in [2.75, 3.05) is 6.54 Å². The van der Waals surface area contributed by atoms with Crippen molar-refractivity contribution in [2.45, 2.75) is 33.6 Å². The van der Waals surface area contributed by atoms with Crippen LogP contribution < -0.4 is 5.73 Å². The Hall–Kier alpha value is -2.20. The van der Waals surface area contributed by atoms with Crippen LogP contribution in [0.4, 0.5) is 0 Å². The van der Waals surface area contributed by atoms with E-state index in [4.69, 9.17) is 10.7 Å². The molecule has 1 aromatic carbocycles. The number of aromatic nitrogens is 3. The van der Waals surface area contributed by atoms with E-state index in [1.54, 1.807) is 0 Å². The lowest BCUT2D eigenvalue weighted by atomic mass is 10.0. The van der Waals surface area contributed by atoms with Crippen molar-refractivity contribution in [3.63, 3.8) is 0 Å². The van der Waals surface area contributed by atoms with Gasteiger partial charge in [-0.3, -0.25) is 9.38 Å². The standard InChI is InChI=1S/C18H22N4/c1-4-16-17(15-7-5-14(6-8-15)9-10-19)22-11-12(2)20-13(3)18(22)21-16/h5-8,11H,4,9-10,19H2,1-3H3. The molecule has 2 heterocycles. The molecule has 0 aliphatic carbocycles. The van der Waals surface area contributed by atoms with Crippen molar-refractivity contribution in [1.82, 2.24) is 14.4 Å². The molecular formula is C18H22N4. The SMILES string of the molecule is CCc1nc2c(C)nc(C)cn2c1-c1ccc(CCN)cc1. The molecule has 3 aromatic rings. The summed E-state index contributed by atoms with van der Waals surface area (Å²) in [5.74, 6) is 0. The lowest BCUT2D eigenvalue weighted by molar-refractivity contribution is 0.968. The molecule has 0 saturated carbocycles. The van der Waals surface area contributed by atoms with Gasteiger partial charge in [-0.05, 0) is 38.8 Å². The van der Waals surface area contributed by atoms with Crippen molar-refractivity contribution in [1.29, 1.82) is 0 Å². The first-order valence-electron chi connectivity index (χ1n) is 7.78. The fourth-order valence-electron chi connectivity index (χ4n) is 2.94. The number of fused-ring (bicyclic) bond motifs is 1. The lowest BCUT2D eigenvalue weighted by Gasteiger charge is -2.07. The Morgan fingerprint density at radius 1 is 1.09 bits per heavy atom. The third-order valence-corrected chi connectivity index (χ3v) is 3.96. The molecule has 4 heteroatoms. The summed E-state index contributed by atoms with van der Waals surface area (Å²) in [4.78, 5) is 9.31. The highest BCUT2D eigenvalue weighted by Gasteiger charge is 2.15. The van der Waals surface area contributed by atoms with Gasteiger partial charge in [-0.25, -0.2) is 4.98 Å². The highest BCUT2D eigenvalue weighted by molar-refractivity contribution is 5.68. The maximum atomic E-state index is 5.63. The van der Waals surface area contributed by atoms with Crippen molar-refractivity contribution in [3.8, 4) is 11.3 Å². The zero-order valence-corrected chi connectivity index (χ0v) is 13.4. The first-order chi connectivity index (χ1) is 10.6. The fourth-order valence-corrected chi connectivity index (χ4v) is 2.94. The van der Waals surface area contributed by atoms with Crippen LogP contribution >= 0.6 is 0 Å². The minimum absolute atomic E-state index is 0.680. The molecule has 0 spiro atoms. The van der Waals surface area contributed by atoms with E-state index in [0.717, 1.165) is 35.6 Å². The van der Waals surface area contributed by atoms with Crippen LogP contribution in [-0.2, 0) is 12.8 Å². The predicted molar refractivity (Wildman–Crippen MR) is 90.0 cm³/mol. The average molecular weight is 294 g/mol. The molecule has 0 bridgehead atoms. The van der Waals surface area contributed by atoms with E-state index in [2.05, 4.69) is 46.8 Å². The summed E-state index contributed by atoms with van der Waals surface area (Å²) in [6.07, 6.45) is 3.88. The zero-order valence-electron chi connectivity index (χ0n) is 13.4. The molecular weight excluding hydrogens is 272 g/mol. The van der Waals surface area contributed by atoms with Crippen molar-refractivity contribution in [2.24, 2.45) is 5.73 Å². The second-order valence-electron chi connectivity index (χ2n) is 5.66. The van der Waals surface area contributed by atoms with E-state index < -0.39 is 0 Å². The molecule has 0 aliphatic heterocycles. The number of aryl methyl sites for hydroxylation is 3. The first-order valence-corrected chi connectivity index (χ1v) is 7.78. The van der Waals surface area contributed by atoms with E-state index in [-0.39, 0.29) is 0 Å². The molecule has 0 fully saturated rings. The molecule has 2 N–H and O–H groups in total. The summed E-state index contributed by atoms with van der Waals surface area (Å²) in [6.45, 7) is 6.86. The predicted octanol–water partition coefficient (Wildman–Crippen LogP) is 3.08. The largest absolute Gasteiger partial charge is 0.330 e. The summed E-state index contributed by atoms with van der Waals surface area (Å²) in [7, 11) is 0. The minimum atomic E-state index is 0.680. The van der Waals surface area contributed by atoms with Crippen LogP contribution in [0.2, 0.25) is 0 Å². The van der Waals surface area contributed by atoms with Gasteiger partial charge < -0.3 is 5.73 Å². The van der Waals surface area contributed by atoms with E-state index in [1.807, 2.05) is 13.8 Å². The van der Waals surface area contributed by atoms with Crippen LogP contribution in [0.1, 0.15) is 29.6 Å². The fraction of sp³-hybridized carbons (Fsp3) is 0.333. The molecule has 0 saturated heterocycles. The van der Waals surface area contributed by atoms with Gasteiger partial charge in [0.1, 0.15) is 0 Å². The number of imidazole rings is 1. The number of hydrogen-bond acceptors (Lipinski definition) is 3. The van der Waals surface area contributed by atoms with Gasteiger partial charge in [0.25, 0.3) is 0 Å². The Kier molecular flexibility index (Phi) is 3.94. The third kappa shape index (κ3) is 2.50. The van der Waals surface area contributed by atoms with Crippen LogP contribution in [0.5, 0.6) is 0 Å². The second kappa shape index (κ2) is 5.89. The quantitative estimate of drug-likeness (QED) is 0.804. The second-order valence-corrected chi connectivity index (χ2v) is 5.66. The number of rotatable bonds is 4. The van der Waals surface area contributed by atoms with Crippen LogP contribution in [0.25, 0.3) is 16.9 Å². The van der Waals surface area contributed by atoms with E-state index in [1.165, 1.54) is 16.8 Å². The number of benzene rings is 1. The Labute approximate surface area is 131 Å². The third-order valence-electron chi connectivity index (χ3n) is 3.96. The molecule has 0 unspecified atom stereocenters. The minimum Gasteiger partial charge on any atom is -0.330 e. The molecule has 114 valence electrons. The summed E-state index contributed by atoms with van der Waals surface area (Å²) >= 11 is 0. The molecule has 3 rings (SSSR count). The zero-order chi connectivity index (χ0) is 15.7. The highest BCUT2D eigenvalue weighted by Crippen LogP contribution is 2.27. The Bertz CT molecular complexity index is 800. The maximum Gasteiger partial charge on any atom is 0.159 e. The van der Waals surface area contributed by atoms with E-state index in [9.17, 15) is 0 Å². The summed E-state index contributed by atoms with van der Waals surface area (Å²) in [5.41, 5.74) is 13.3. The molecule has 4 nitrogen and oxygen atoms in total. The topological polar surface area (TPSA) is 56.2 Å². The van der Waals surface area contributed by atoms with Crippen molar-refractivity contribution in [3.05, 3.63) is 53.1 Å². The number of hydrogen-bond donors (Lipinski definition) is 1. The molecule has 2 aromatic heterocycles. The van der Waals surface area contributed by atoms with Gasteiger partial charge in [0.15, 0.2) is 5.65 Å². The number of nitrogens with two attached hydrogens (primary N) is 1. The average Bonchev–Trinajstić information content (AvgIpc) is 2.87. The molecule has 0 aliphatic rings. The maximum absolute atomic E-state index is 5.63. The van der Waals surface area contributed by atoms with E-state index >= 15 is 0 Å². The van der Waals surface area contributed by atoms with Crippen molar-refractivity contribution >= 4 is 5.65 Å². The van der Waals surface area contributed by atoms with Gasteiger partial charge in [-0.2, -0.15) is 0 Å². The Morgan fingerprint density at radius 2 is 1.82 bits per heavy atom. The smallest absolute Gasteiger partial charge is 0.159 e. The Balaban J connectivity index is 2.20. The van der Waals surface area contributed by atoms with Gasteiger partial charge in [0, 0.05) is 11.8 Å². The molecule has 0 amide bonds. The van der Waals surface area contributed by atoms with Crippen molar-refractivity contribution < 1.29 is 0 Å². The summed E-state index contributed by atoms with van der Waals surface area (Å²) < 4.78 is 2.18. The van der Waals surface area contributed by atoms with E-state index in [0.29, 0.717) is 6.54 Å². The lowest BCUT2D eigenvalue weighted by Crippen LogP contribution is -2.02. The van der Waals surface area contributed by atoms with Crippen LogP contribution in [0.3, 0.4) is 0 Å². The van der Waals surface area contributed by atoms with Gasteiger partial charge in [-0.15, -0.1) is 0 Å². The normalized spacial score (nSPS) is 11.3. The highest BCUT2D eigenvalue weighted by atomic mass is 15.0. The number of nitrogens with zero attached hydrogens (tertiary/aromatic N) is 3. The van der Waals surface area contributed by atoms with Crippen LogP contribution in [-0.4, -0.2) is 20.9 Å².